The van der Waals surface area contributed by atoms with Crippen LogP contribution >= 0.6 is 0 Å². The Kier molecular flexibility index (Phi) is 4.55. The zero-order valence-corrected chi connectivity index (χ0v) is 15.0. The molecule has 1 aliphatic rings. The number of aryl methyl sites for hydroxylation is 3. The molecule has 0 radical (unpaired) electrons. The number of aromatic nitrogens is 3. The van der Waals surface area contributed by atoms with Gasteiger partial charge in [-0.25, -0.2) is 4.98 Å². The lowest BCUT2D eigenvalue weighted by molar-refractivity contribution is 0.229. The molecule has 2 aromatic rings. The fraction of sp³-hybridized carbons (Fsp3) is 0.647. The lowest BCUT2D eigenvalue weighted by atomic mass is 10.2. The van der Waals surface area contributed by atoms with Crippen LogP contribution in [-0.2, 0) is 0 Å². The van der Waals surface area contributed by atoms with Crippen molar-refractivity contribution in [3.8, 4) is 0 Å². The molecule has 0 amide bonds. The van der Waals surface area contributed by atoms with Crippen LogP contribution < -0.4 is 4.90 Å². The lowest BCUT2D eigenvalue weighted by Gasteiger charge is -2.36. The molecule has 0 unspecified atom stereocenters. The fourth-order valence-electron chi connectivity index (χ4n) is 3.10. The van der Waals surface area contributed by atoms with Crippen LogP contribution in [0.5, 0.6) is 0 Å². The molecular formula is C17H28N6. The van der Waals surface area contributed by atoms with Crippen LogP contribution in [0, 0.1) is 20.8 Å². The van der Waals surface area contributed by atoms with Crippen molar-refractivity contribution in [1.29, 1.82) is 0 Å². The van der Waals surface area contributed by atoms with Crippen LogP contribution in [0.15, 0.2) is 6.07 Å². The van der Waals surface area contributed by atoms with Crippen molar-refractivity contribution < 1.29 is 0 Å². The van der Waals surface area contributed by atoms with Crippen molar-refractivity contribution in [1.82, 2.24) is 24.4 Å². The van der Waals surface area contributed by atoms with E-state index in [1.54, 1.807) is 0 Å². The summed E-state index contributed by atoms with van der Waals surface area (Å²) in [5.74, 6) is 1.18. The van der Waals surface area contributed by atoms with Gasteiger partial charge < -0.3 is 9.80 Å². The molecule has 6 heteroatoms. The molecule has 0 bridgehead atoms. The quantitative estimate of drug-likeness (QED) is 0.851. The molecule has 2 aromatic heterocycles. The van der Waals surface area contributed by atoms with Gasteiger partial charge in [0.05, 0.1) is 5.69 Å². The van der Waals surface area contributed by atoms with Crippen molar-refractivity contribution in [2.45, 2.75) is 20.8 Å². The Morgan fingerprint density at radius 1 is 1.09 bits per heavy atom. The van der Waals surface area contributed by atoms with Crippen molar-refractivity contribution in [3.05, 3.63) is 23.0 Å². The summed E-state index contributed by atoms with van der Waals surface area (Å²) in [5.41, 5.74) is 4.30. The van der Waals surface area contributed by atoms with Gasteiger partial charge in [0.1, 0.15) is 5.82 Å². The van der Waals surface area contributed by atoms with Crippen LogP contribution in [0.2, 0.25) is 0 Å². The second-order valence-corrected chi connectivity index (χ2v) is 6.83. The van der Waals surface area contributed by atoms with Gasteiger partial charge in [-0.15, -0.1) is 0 Å². The third kappa shape index (κ3) is 3.33. The Balaban J connectivity index is 1.78. The number of fused-ring (bicyclic) bond motifs is 1. The molecule has 126 valence electrons. The molecular weight excluding hydrogens is 288 g/mol. The summed E-state index contributed by atoms with van der Waals surface area (Å²) >= 11 is 0. The summed E-state index contributed by atoms with van der Waals surface area (Å²) in [6.07, 6.45) is 0. The maximum atomic E-state index is 4.70. The Labute approximate surface area is 138 Å². The van der Waals surface area contributed by atoms with Gasteiger partial charge in [-0.2, -0.15) is 9.61 Å². The lowest BCUT2D eigenvalue weighted by Crippen LogP contribution is -2.48. The van der Waals surface area contributed by atoms with E-state index in [0.717, 1.165) is 56.3 Å². The second kappa shape index (κ2) is 6.45. The molecule has 6 nitrogen and oxygen atoms in total. The number of nitrogens with zero attached hydrogens (tertiary/aromatic N) is 6. The van der Waals surface area contributed by atoms with E-state index in [-0.39, 0.29) is 0 Å². The smallest absolute Gasteiger partial charge is 0.160 e. The van der Waals surface area contributed by atoms with Gasteiger partial charge in [0, 0.05) is 56.6 Å². The number of anilines is 1. The molecule has 3 heterocycles. The summed E-state index contributed by atoms with van der Waals surface area (Å²) < 4.78 is 2.02. The van der Waals surface area contributed by atoms with Gasteiger partial charge in [0.25, 0.3) is 0 Å². The summed E-state index contributed by atoms with van der Waals surface area (Å²) in [5, 5.41) is 4.70. The summed E-state index contributed by atoms with van der Waals surface area (Å²) in [7, 11) is 4.27. The SMILES string of the molecule is Cc1cc(N2CCN(CCN(C)C)CC2)n2nc(C)c(C)c2n1. The molecule has 0 aliphatic carbocycles. The monoisotopic (exact) mass is 316 g/mol. The molecule has 3 rings (SSSR count). The first-order chi connectivity index (χ1) is 11.0. The van der Waals surface area contributed by atoms with E-state index < -0.39 is 0 Å². The molecule has 23 heavy (non-hydrogen) atoms. The van der Waals surface area contributed by atoms with Gasteiger partial charge in [0.15, 0.2) is 5.65 Å². The number of hydrogen-bond acceptors (Lipinski definition) is 5. The minimum Gasteiger partial charge on any atom is -0.354 e. The first kappa shape index (κ1) is 16.2. The van der Waals surface area contributed by atoms with Gasteiger partial charge >= 0.3 is 0 Å². The van der Waals surface area contributed by atoms with Crippen LogP contribution in [0.1, 0.15) is 17.0 Å². The minimum atomic E-state index is 0.993. The highest BCUT2D eigenvalue weighted by atomic mass is 15.4. The third-order valence-corrected chi connectivity index (χ3v) is 4.73. The summed E-state index contributed by atoms with van der Waals surface area (Å²) in [6, 6.07) is 2.16. The molecule has 1 saturated heterocycles. The molecule has 0 spiro atoms. The predicted octanol–water partition coefficient (Wildman–Crippen LogP) is 1.34. The van der Waals surface area contributed by atoms with Crippen molar-refractivity contribution in [2.75, 3.05) is 58.3 Å². The predicted molar refractivity (Wildman–Crippen MR) is 94.4 cm³/mol. The average molecular weight is 316 g/mol. The molecule has 0 saturated carbocycles. The highest BCUT2D eigenvalue weighted by Gasteiger charge is 2.21. The van der Waals surface area contributed by atoms with Crippen LogP contribution in [0.3, 0.4) is 0 Å². The molecule has 1 aliphatic heterocycles. The van der Waals surface area contributed by atoms with Gasteiger partial charge in [-0.05, 0) is 34.9 Å². The Hall–Kier alpha value is -1.66. The number of hydrogen-bond donors (Lipinski definition) is 0. The third-order valence-electron chi connectivity index (χ3n) is 4.73. The molecule has 0 N–H and O–H groups in total. The van der Waals surface area contributed by atoms with E-state index in [4.69, 9.17) is 5.10 Å². The second-order valence-electron chi connectivity index (χ2n) is 6.83. The maximum absolute atomic E-state index is 4.70. The van der Waals surface area contributed by atoms with E-state index in [9.17, 15) is 0 Å². The van der Waals surface area contributed by atoms with Crippen LogP contribution in [0.25, 0.3) is 5.65 Å². The maximum Gasteiger partial charge on any atom is 0.160 e. The Morgan fingerprint density at radius 2 is 1.78 bits per heavy atom. The van der Waals surface area contributed by atoms with Crippen molar-refractivity contribution in [2.24, 2.45) is 0 Å². The number of rotatable bonds is 4. The average Bonchev–Trinajstić information content (AvgIpc) is 2.80. The normalized spacial score (nSPS) is 16.7. The van der Waals surface area contributed by atoms with Crippen molar-refractivity contribution >= 4 is 11.5 Å². The van der Waals surface area contributed by atoms with E-state index in [0.29, 0.717) is 0 Å². The summed E-state index contributed by atoms with van der Waals surface area (Å²) in [4.78, 5) is 11.9. The topological polar surface area (TPSA) is 39.9 Å². The van der Waals surface area contributed by atoms with E-state index in [1.807, 2.05) is 4.52 Å². The zero-order valence-electron chi connectivity index (χ0n) is 15.0. The van der Waals surface area contributed by atoms with Crippen molar-refractivity contribution in [3.63, 3.8) is 0 Å². The first-order valence-electron chi connectivity index (χ1n) is 8.41. The Morgan fingerprint density at radius 3 is 2.43 bits per heavy atom. The first-order valence-corrected chi connectivity index (χ1v) is 8.41. The van der Waals surface area contributed by atoms with Gasteiger partial charge in [0.2, 0.25) is 0 Å². The van der Waals surface area contributed by atoms with Gasteiger partial charge in [-0.3, -0.25) is 4.90 Å². The van der Waals surface area contributed by atoms with E-state index in [2.05, 4.69) is 60.6 Å². The van der Waals surface area contributed by atoms with Crippen LogP contribution in [-0.4, -0.2) is 77.8 Å². The highest BCUT2D eigenvalue weighted by Crippen LogP contribution is 2.22. The largest absolute Gasteiger partial charge is 0.354 e. The van der Waals surface area contributed by atoms with E-state index in [1.165, 1.54) is 11.4 Å². The summed E-state index contributed by atoms with van der Waals surface area (Å²) in [6.45, 7) is 12.8. The van der Waals surface area contributed by atoms with Gasteiger partial charge in [-0.1, -0.05) is 0 Å². The highest BCUT2D eigenvalue weighted by molar-refractivity contribution is 5.57. The Bertz CT molecular complexity index is 682. The molecule has 1 fully saturated rings. The number of piperazine rings is 1. The fourth-order valence-corrected chi connectivity index (χ4v) is 3.10. The molecule has 0 aromatic carbocycles. The van der Waals surface area contributed by atoms with E-state index >= 15 is 0 Å². The minimum absolute atomic E-state index is 0.993. The molecule has 0 atom stereocenters. The zero-order chi connectivity index (χ0) is 16.6. The standard InChI is InChI=1S/C17H28N6/c1-13-12-16(23-17(18-13)14(2)15(3)19-23)22-10-8-21(9-11-22)7-6-20(4)5/h12H,6-11H2,1-5H3. The number of likely N-dealkylation sites (N-methyl/N-ethyl adjacent to an activating group) is 1. The van der Waals surface area contributed by atoms with Crippen LogP contribution in [0.4, 0.5) is 5.82 Å².